The van der Waals surface area contributed by atoms with Gasteiger partial charge in [0, 0.05) is 51.2 Å². The summed E-state index contributed by atoms with van der Waals surface area (Å²) in [5.74, 6) is 1.33. The van der Waals surface area contributed by atoms with Crippen LogP contribution < -0.4 is 16.0 Å². The molecule has 3 N–H and O–H groups in total. The number of rotatable bonds is 6. The first-order chi connectivity index (χ1) is 12.8. The second-order valence-electron chi connectivity index (χ2n) is 8.19. The third-order valence-corrected chi connectivity index (χ3v) is 6.32. The van der Waals surface area contributed by atoms with Gasteiger partial charge in [-0.3, -0.25) is 14.7 Å². The minimum atomic E-state index is 0. The number of aliphatic imine (C=N–C) groups is 1. The topological polar surface area (TPSA) is 68.8 Å². The SMILES string of the molecule is CN=C(NCCNC(=O)C1CCCCC1)NC1CCN(C2CCCC2)C1.I. The molecule has 3 fully saturated rings. The van der Waals surface area contributed by atoms with Crippen molar-refractivity contribution in [3.05, 3.63) is 0 Å². The molecule has 0 bridgehead atoms. The quantitative estimate of drug-likeness (QED) is 0.231. The van der Waals surface area contributed by atoms with Crippen LogP contribution in [0.4, 0.5) is 0 Å². The van der Waals surface area contributed by atoms with Crippen LogP contribution in [0, 0.1) is 5.92 Å². The smallest absolute Gasteiger partial charge is 0.223 e. The second kappa shape index (κ2) is 12.1. The molecule has 0 aromatic carbocycles. The number of amides is 1. The van der Waals surface area contributed by atoms with E-state index in [0.717, 1.165) is 37.9 Å². The molecule has 27 heavy (non-hydrogen) atoms. The molecule has 0 aromatic rings. The summed E-state index contributed by atoms with van der Waals surface area (Å²) < 4.78 is 0. The Labute approximate surface area is 181 Å². The fourth-order valence-electron chi connectivity index (χ4n) is 4.77. The Balaban J connectivity index is 0.00000261. The van der Waals surface area contributed by atoms with Crippen LogP contribution in [0.1, 0.15) is 64.2 Å². The summed E-state index contributed by atoms with van der Waals surface area (Å²) in [7, 11) is 1.82. The van der Waals surface area contributed by atoms with E-state index in [9.17, 15) is 4.79 Å². The maximum Gasteiger partial charge on any atom is 0.223 e. The number of guanidine groups is 1. The van der Waals surface area contributed by atoms with Crippen molar-refractivity contribution in [2.45, 2.75) is 76.3 Å². The average Bonchev–Trinajstić information content (AvgIpc) is 3.36. The number of hydrogen-bond donors (Lipinski definition) is 3. The Bertz CT molecular complexity index is 475. The van der Waals surface area contributed by atoms with Crippen LogP contribution in [0.5, 0.6) is 0 Å². The van der Waals surface area contributed by atoms with Crippen molar-refractivity contribution in [1.82, 2.24) is 20.9 Å². The molecular weight excluding hydrogens is 453 g/mol. The molecule has 1 unspecified atom stereocenters. The van der Waals surface area contributed by atoms with Crippen LogP contribution in [0.2, 0.25) is 0 Å². The standard InChI is InChI=1S/C20H37N5O.HI/c1-21-20(23-13-12-22-19(26)16-7-3-2-4-8-16)24-17-11-14-25(15-17)18-9-5-6-10-18;/h16-18H,2-15H2,1H3,(H,22,26)(H2,21,23,24);1H. The predicted molar refractivity (Wildman–Crippen MR) is 122 cm³/mol. The van der Waals surface area contributed by atoms with E-state index >= 15 is 0 Å². The zero-order valence-corrected chi connectivity index (χ0v) is 19.2. The molecule has 6 nitrogen and oxygen atoms in total. The zero-order chi connectivity index (χ0) is 18.2. The predicted octanol–water partition coefficient (Wildman–Crippen LogP) is 2.48. The Morgan fingerprint density at radius 2 is 1.63 bits per heavy atom. The van der Waals surface area contributed by atoms with Gasteiger partial charge in [-0.2, -0.15) is 0 Å². The molecule has 1 amide bonds. The summed E-state index contributed by atoms with van der Waals surface area (Å²) in [4.78, 5) is 19.2. The summed E-state index contributed by atoms with van der Waals surface area (Å²) in [5, 5.41) is 9.98. The fourth-order valence-corrected chi connectivity index (χ4v) is 4.77. The van der Waals surface area contributed by atoms with E-state index < -0.39 is 0 Å². The van der Waals surface area contributed by atoms with Crippen molar-refractivity contribution in [2.24, 2.45) is 10.9 Å². The minimum absolute atomic E-state index is 0. The maximum absolute atomic E-state index is 12.2. The number of halogens is 1. The Morgan fingerprint density at radius 1 is 0.963 bits per heavy atom. The average molecular weight is 491 g/mol. The zero-order valence-electron chi connectivity index (χ0n) is 16.8. The molecule has 0 radical (unpaired) electrons. The van der Waals surface area contributed by atoms with Gasteiger partial charge in [-0.15, -0.1) is 24.0 Å². The molecule has 7 heteroatoms. The lowest BCUT2D eigenvalue weighted by atomic mass is 9.89. The number of nitrogens with zero attached hydrogens (tertiary/aromatic N) is 2. The van der Waals surface area contributed by atoms with E-state index in [1.165, 1.54) is 57.9 Å². The highest BCUT2D eigenvalue weighted by Gasteiger charge is 2.30. The van der Waals surface area contributed by atoms with Gasteiger partial charge >= 0.3 is 0 Å². The molecule has 1 saturated heterocycles. The largest absolute Gasteiger partial charge is 0.355 e. The molecule has 1 aliphatic heterocycles. The van der Waals surface area contributed by atoms with Gasteiger partial charge in [-0.25, -0.2) is 0 Å². The number of nitrogens with one attached hydrogen (secondary N) is 3. The lowest BCUT2D eigenvalue weighted by Gasteiger charge is -2.24. The van der Waals surface area contributed by atoms with Crippen LogP contribution in [-0.2, 0) is 4.79 Å². The van der Waals surface area contributed by atoms with Crippen molar-refractivity contribution in [2.75, 3.05) is 33.2 Å². The third kappa shape index (κ3) is 7.07. The van der Waals surface area contributed by atoms with Gasteiger partial charge in [0.2, 0.25) is 5.91 Å². The van der Waals surface area contributed by atoms with Crippen LogP contribution in [0.3, 0.4) is 0 Å². The van der Waals surface area contributed by atoms with Crippen LogP contribution in [0.25, 0.3) is 0 Å². The van der Waals surface area contributed by atoms with Gasteiger partial charge in [0.15, 0.2) is 5.96 Å². The summed E-state index contributed by atoms with van der Waals surface area (Å²) in [6.45, 7) is 3.71. The van der Waals surface area contributed by atoms with Crippen molar-refractivity contribution in [1.29, 1.82) is 0 Å². The third-order valence-electron chi connectivity index (χ3n) is 6.32. The van der Waals surface area contributed by atoms with E-state index in [0.29, 0.717) is 12.6 Å². The fraction of sp³-hybridized carbons (Fsp3) is 0.900. The Morgan fingerprint density at radius 3 is 2.33 bits per heavy atom. The van der Waals surface area contributed by atoms with Crippen molar-refractivity contribution < 1.29 is 4.79 Å². The highest BCUT2D eigenvalue weighted by Crippen LogP contribution is 2.26. The van der Waals surface area contributed by atoms with E-state index in [1.807, 2.05) is 7.05 Å². The number of likely N-dealkylation sites (tertiary alicyclic amines) is 1. The lowest BCUT2D eigenvalue weighted by molar-refractivity contribution is -0.125. The molecular formula is C20H38IN5O. The number of hydrogen-bond acceptors (Lipinski definition) is 3. The van der Waals surface area contributed by atoms with Gasteiger partial charge < -0.3 is 16.0 Å². The summed E-state index contributed by atoms with van der Waals surface area (Å²) in [6, 6.07) is 1.30. The van der Waals surface area contributed by atoms with Crippen molar-refractivity contribution in [3.8, 4) is 0 Å². The molecule has 2 aliphatic carbocycles. The molecule has 0 aromatic heterocycles. The molecule has 156 valence electrons. The van der Waals surface area contributed by atoms with Crippen molar-refractivity contribution in [3.63, 3.8) is 0 Å². The normalized spacial score (nSPS) is 25.2. The second-order valence-corrected chi connectivity index (χ2v) is 8.19. The monoisotopic (exact) mass is 491 g/mol. The number of carbonyl (C=O) groups excluding carboxylic acids is 1. The van der Waals surface area contributed by atoms with E-state index in [1.54, 1.807) is 0 Å². The lowest BCUT2D eigenvalue weighted by Crippen LogP contribution is -2.47. The first-order valence-electron chi connectivity index (χ1n) is 10.7. The van der Waals surface area contributed by atoms with Gasteiger partial charge in [0.1, 0.15) is 0 Å². The molecule has 0 spiro atoms. The van der Waals surface area contributed by atoms with Gasteiger partial charge in [0.05, 0.1) is 0 Å². The van der Waals surface area contributed by atoms with Gasteiger partial charge in [-0.05, 0) is 32.1 Å². The molecule has 1 atom stereocenters. The highest BCUT2D eigenvalue weighted by atomic mass is 127. The summed E-state index contributed by atoms with van der Waals surface area (Å²) in [6.07, 6.45) is 12.5. The number of carbonyl (C=O) groups is 1. The van der Waals surface area contributed by atoms with Crippen molar-refractivity contribution >= 4 is 35.8 Å². The maximum atomic E-state index is 12.2. The minimum Gasteiger partial charge on any atom is -0.355 e. The Kier molecular flexibility index (Phi) is 10.2. The Hall–Kier alpha value is -0.570. The summed E-state index contributed by atoms with van der Waals surface area (Å²) >= 11 is 0. The summed E-state index contributed by atoms with van der Waals surface area (Å²) in [5.41, 5.74) is 0. The van der Waals surface area contributed by atoms with Gasteiger partial charge in [-0.1, -0.05) is 32.1 Å². The molecule has 3 rings (SSSR count). The first-order valence-corrected chi connectivity index (χ1v) is 10.7. The van der Waals surface area contributed by atoms with Crippen LogP contribution in [-0.4, -0.2) is 62.1 Å². The highest BCUT2D eigenvalue weighted by molar-refractivity contribution is 14.0. The molecule has 3 aliphatic rings. The van der Waals surface area contributed by atoms with Crippen LogP contribution >= 0.6 is 24.0 Å². The van der Waals surface area contributed by atoms with Gasteiger partial charge in [0.25, 0.3) is 0 Å². The molecule has 2 saturated carbocycles. The first kappa shape index (κ1) is 22.7. The van der Waals surface area contributed by atoms with E-state index in [4.69, 9.17) is 0 Å². The van der Waals surface area contributed by atoms with E-state index in [-0.39, 0.29) is 35.8 Å². The molecule has 1 heterocycles. The van der Waals surface area contributed by atoms with E-state index in [2.05, 4.69) is 25.8 Å². The van der Waals surface area contributed by atoms with Crippen LogP contribution in [0.15, 0.2) is 4.99 Å².